The molecular weight excluding hydrogens is 382 g/mol. The number of carbonyl (C=O) groups is 2. The summed E-state index contributed by atoms with van der Waals surface area (Å²) in [6, 6.07) is 16.3. The van der Waals surface area contributed by atoms with Crippen molar-refractivity contribution >= 4 is 18.0 Å². The van der Waals surface area contributed by atoms with Gasteiger partial charge < -0.3 is 19.1 Å². The van der Waals surface area contributed by atoms with Gasteiger partial charge >= 0.3 is 5.97 Å². The molecular formula is C24H25NO5. The number of morpholine rings is 1. The maximum atomic E-state index is 13.0. The molecule has 0 aromatic heterocycles. The van der Waals surface area contributed by atoms with Gasteiger partial charge in [-0.2, -0.15) is 0 Å². The van der Waals surface area contributed by atoms with Gasteiger partial charge in [0, 0.05) is 24.7 Å². The first kappa shape index (κ1) is 21.3. The molecule has 6 heteroatoms. The molecule has 1 atom stereocenters. The second-order valence-electron chi connectivity index (χ2n) is 6.67. The summed E-state index contributed by atoms with van der Waals surface area (Å²) in [6.07, 6.45) is 3.64. The minimum atomic E-state index is -0.990. The van der Waals surface area contributed by atoms with Crippen LogP contribution in [0.25, 0.3) is 6.08 Å². The summed E-state index contributed by atoms with van der Waals surface area (Å²) >= 11 is 0. The lowest BCUT2D eigenvalue weighted by atomic mass is 10.1. The van der Waals surface area contributed by atoms with E-state index < -0.39 is 12.1 Å². The molecule has 3 rings (SSSR count). The van der Waals surface area contributed by atoms with Crippen molar-refractivity contribution in [3.05, 3.63) is 84.5 Å². The Balaban J connectivity index is 1.67. The Morgan fingerprint density at radius 2 is 1.77 bits per heavy atom. The molecule has 156 valence electrons. The number of esters is 1. The van der Waals surface area contributed by atoms with E-state index in [-0.39, 0.29) is 5.91 Å². The van der Waals surface area contributed by atoms with Gasteiger partial charge in [-0.15, -0.1) is 0 Å². The number of hydrogen-bond donors (Lipinski definition) is 0. The van der Waals surface area contributed by atoms with Crippen LogP contribution in [0.4, 0.5) is 0 Å². The Morgan fingerprint density at radius 3 is 2.43 bits per heavy atom. The van der Waals surface area contributed by atoms with Gasteiger partial charge in [0.2, 0.25) is 6.10 Å². The molecule has 6 nitrogen and oxygen atoms in total. The van der Waals surface area contributed by atoms with Crippen molar-refractivity contribution in [1.82, 2.24) is 4.90 Å². The third kappa shape index (κ3) is 6.06. The van der Waals surface area contributed by atoms with Crippen molar-refractivity contribution in [3.63, 3.8) is 0 Å². The van der Waals surface area contributed by atoms with Crippen LogP contribution in [0.1, 0.15) is 17.2 Å². The highest BCUT2D eigenvalue weighted by Crippen LogP contribution is 2.22. The molecule has 1 saturated heterocycles. The highest BCUT2D eigenvalue weighted by Gasteiger charge is 2.29. The van der Waals surface area contributed by atoms with E-state index in [2.05, 4.69) is 6.58 Å². The number of ether oxygens (including phenoxy) is 3. The predicted octanol–water partition coefficient (Wildman–Crippen LogP) is 3.41. The Bertz CT molecular complexity index is 870. The SMILES string of the molecule is C=CCOc1ccc(/C=C/C(=O)O[C@@H](C(=O)N2CCOCC2)c2ccccc2)cc1. The summed E-state index contributed by atoms with van der Waals surface area (Å²) in [5.74, 6) is -0.109. The summed E-state index contributed by atoms with van der Waals surface area (Å²) in [7, 11) is 0. The van der Waals surface area contributed by atoms with E-state index in [0.29, 0.717) is 38.5 Å². The van der Waals surface area contributed by atoms with Gasteiger partial charge in [0.1, 0.15) is 12.4 Å². The van der Waals surface area contributed by atoms with Crippen molar-refractivity contribution in [3.8, 4) is 5.75 Å². The molecule has 0 radical (unpaired) electrons. The average molecular weight is 407 g/mol. The van der Waals surface area contributed by atoms with E-state index in [1.54, 1.807) is 29.2 Å². The lowest BCUT2D eigenvalue weighted by Gasteiger charge is -2.30. The Kier molecular flexibility index (Phi) is 7.80. The molecule has 2 aromatic rings. The highest BCUT2D eigenvalue weighted by molar-refractivity contribution is 5.91. The van der Waals surface area contributed by atoms with Gasteiger partial charge in [0.15, 0.2) is 0 Å². The molecule has 0 unspecified atom stereocenters. The zero-order valence-corrected chi connectivity index (χ0v) is 16.7. The Hall–Kier alpha value is -3.38. The van der Waals surface area contributed by atoms with E-state index in [0.717, 1.165) is 11.3 Å². The van der Waals surface area contributed by atoms with E-state index in [1.807, 2.05) is 42.5 Å². The average Bonchev–Trinajstić information content (AvgIpc) is 2.81. The first-order chi connectivity index (χ1) is 14.7. The van der Waals surface area contributed by atoms with Crippen LogP contribution in [0, 0.1) is 0 Å². The smallest absolute Gasteiger partial charge is 0.331 e. The minimum Gasteiger partial charge on any atom is -0.490 e. The summed E-state index contributed by atoms with van der Waals surface area (Å²) in [5, 5.41) is 0. The van der Waals surface area contributed by atoms with Gasteiger partial charge in [-0.3, -0.25) is 4.79 Å². The van der Waals surface area contributed by atoms with Crippen LogP contribution in [0.15, 0.2) is 73.3 Å². The minimum absolute atomic E-state index is 0.241. The fraction of sp³-hybridized carbons (Fsp3) is 0.250. The highest BCUT2D eigenvalue weighted by atomic mass is 16.5. The van der Waals surface area contributed by atoms with Gasteiger partial charge in [0.25, 0.3) is 5.91 Å². The van der Waals surface area contributed by atoms with Gasteiger partial charge in [0.05, 0.1) is 13.2 Å². The summed E-state index contributed by atoms with van der Waals surface area (Å²) in [6.45, 7) is 5.96. The van der Waals surface area contributed by atoms with Gasteiger partial charge in [-0.25, -0.2) is 4.79 Å². The maximum Gasteiger partial charge on any atom is 0.331 e. The number of benzene rings is 2. The quantitative estimate of drug-likeness (QED) is 0.381. The van der Waals surface area contributed by atoms with E-state index >= 15 is 0 Å². The maximum absolute atomic E-state index is 13.0. The second kappa shape index (κ2) is 11.0. The number of amides is 1. The molecule has 1 amide bonds. The van der Waals surface area contributed by atoms with Crippen LogP contribution in [0.2, 0.25) is 0 Å². The predicted molar refractivity (Wildman–Crippen MR) is 114 cm³/mol. The molecule has 1 heterocycles. The third-order valence-electron chi connectivity index (χ3n) is 4.54. The van der Waals surface area contributed by atoms with Crippen LogP contribution in [-0.4, -0.2) is 49.7 Å². The topological polar surface area (TPSA) is 65.1 Å². The van der Waals surface area contributed by atoms with Crippen molar-refractivity contribution < 1.29 is 23.8 Å². The standard InChI is InChI=1S/C24H25NO5/c1-2-16-29-21-11-8-19(9-12-21)10-13-22(26)30-23(20-6-4-3-5-7-20)24(27)25-14-17-28-18-15-25/h2-13,23H,1,14-18H2/b13-10+/t23-/m1/s1. The second-order valence-corrected chi connectivity index (χ2v) is 6.67. The van der Waals surface area contributed by atoms with Crippen molar-refractivity contribution in [1.29, 1.82) is 0 Å². The first-order valence-electron chi connectivity index (χ1n) is 9.81. The summed E-state index contributed by atoms with van der Waals surface area (Å²) in [5.41, 5.74) is 1.45. The zero-order valence-electron chi connectivity index (χ0n) is 16.7. The van der Waals surface area contributed by atoms with E-state index in [4.69, 9.17) is 14.2 Å². The van der Waals surface area contributed by atoms with Crippen LogP contribution in [0.3, 0.4) is 0 Å². The largest absolute Gasteiger partial charge is 0.490 e. The molecule has 1 aliphatic rings. The zero-order chi connectivity index (χ0) is 21.2. The van der Waals surface area contributed by atoms with Crippen LogP contribution >= 0.6 is 0 Å². The molecule has 0 bridgehead atoms. The van der Waals surface area contributed by atoms with Gasteiger partial charge in [-0.05, 0) is 23.8 Å². The van der Waals surface area contributed by atoms with Crippen molar-refractivity contribution in [2.75, 3.05) is 32.9 Å². The molecule has 2 aromatic carbocycles. The Labute approximate surface area is 176 Å². The first-order valence-corrected chi connectivity index (χ1v) is 9.81. The van der Waals surface area contributed by atoms with E-state index in [9.17, 15) is 9.59 Å². The number of nitrogens with zero attached hydrogens (tertiary/aromatic N) is 1. The molecule has 0 spiro atoms. The fourth-order valence-corrected chi connectivity index (χ4v) is 2.99. The van der Waals surface area contributed by atoms with Crippen LogP contribution in [0.5, 0.6) is 5.75 Å². The lowest BCUT2D eigenvalue weighted by Crippen LogP contribution is -2.44. The summed E-state index contributed by atoms with van der Waals surface area (Å²) in [4.78, 5) is 27.1. The van der Waals surface area contributed by atoms with Crippen LogP contribution in [-0.2, 0) is 19.1 Å². The van der Waals surface area contributed by atoms with Gasteiger partial charge in [-0.1, -0.05) is 55.1 Å². The number of carbonyl (C=O) groups excluding carboxylic acids is 2. The molecule has 0 N–H and O–H groups in total. The summed E-state index contributed by atoms with van der Waals surface area (Å²) < 4.78 is 16.3. The van der Waals surface area contributed by atoms with Crippen LogP contribution < -0.4 is 4.74 Å². The molecule has 1 aliphatic heterocycles. The Morgan fingerprint density at radius 1 is 1.07 bits per heavy atom. The van der Waals surface area contributed by atoms with Crippen molar-refractivity contribution in [2.45, 2.75) is 6.10 Å². The van der Waals surface area contributed by atoms with E-state index in [1.165, 1.54) is 6.08 Å². The number of rotatable bonds is 8. The van der Waals surface area contributed by atoms with Crippen molar-refractivity contribution in [2.24, 2.45) is 0 Å². The lowest BCUT2D eigenvalue weighted by molar-refractivity contribution is -0.159. The molecule has 1 fully saturated rings. The fourth-order valence-electron chi connectivity index (χ4n) is 2.99. The molecule has 0 saturated carbocycles. The molecule has 0 aliphatic carbocycles. The third-order valence-corrected chi connectivity index (χ3v) is 4.54. The number of hydrogen-bond acceptors (Lipinski definition) is 5. The molecule has 30 heavy (non-hydrogen) atoms. The monoisotopic (exact) mass is 407 g/mol. The normalized spacial score (nSPS) is 14.9.